The summed E-state index contributed by atoms with van der Waals surface area (Å²) >= 11 is 13.8. The summed E-state index contributed by atoms with van der Waals surface area (Å²) in [5.74, 6) is -0.452. The van der Waals surface area contributed by atoms with Crippen LogP contribution in [-0.2, 0) is 14.8 Å². The molecular weight excluding hydrogens is 493 g/mol. The lowest BCUT2D eigenvalue weighted by Crippen LogP contribution is -2.50. The molecule has 1 fully saturated rings. The van der Waals surface area contributed by atoms with Crippen LogP contribution in [0.25, 0.3) is 10.1 Å². The topological polar surface area (TPSA) is 86.8 Å². The van der Waals surface area contributed by atoms with Crippen molar-refractivity contribution in [2.45, 2.75) is 11.8 Å². The van der Waals surface area contributed by atoms with Crippen LogP contribution in [0.15, 0.2) is 47.4 Å². The van der Waals surface area contributed by atoms with E-state index >= 15 is 0 Å². The van der Waals surface area contributed by atoms with Gasteiger partial charge in [0.15, 0.2) is 0 Å². The Labute approximate surface area is 199 Å². The van der Waals surface area contributed by atoms with Crippen LogP contribution in [0.3, 0.4) is 0 Å². The second-order valence-corrected chi connectivity index (χ2v) is 11.1. The Balaban J connectivity index is 1.46. The number of thiophene rings is 1. The molecule has 0 radical (unpaired) electrons. The van der Waals surface area contributed by atoms with Crippen LogP contribution in [0, 0.1) is 0 Å². The molecule has 2 heterocycles. The predicted octanol–water partition coefficient (Wildman–Crippen LogP) is 4.31. The maximum absolute atomic E-state index is 13.0. The number of carbonyl (C=O) groups is 2. The SMILES string of the molecule is CC(=O)Nc1ccc(S(=O)(=O)N2CCN(C(=O)c3sc4cc(Cl)ccc4c3Cl)CC2)cc1. The van der Waals surface area contributed by atoms with Crippen LogP contribution >= 0.6 is 34.5 Å². The van der Waals surface area contributed by atoms with E-state index < -0.39 is 10.0 Å². The number of hydrogen-bond donors (Lipinski definition) is 1. The van der Waals surface area contributed by atoms with E-state index in [1.54, 1.807) is 35.2 Å². The van der Waals surface area contributed by atoms with Crippen molar-refractivity contribution in [3.8, 4) is 0 Å². The number of carbonyl (C=O) groups excluding carboxylic acids is 2. The third kappa shape index (κ3) is 4.49. The zero-order valence-electron chi connectivity index (χ0n) is 17.0. The summed E-state index contributed by atoms with van der Waals surface area (Å²) < 4.78 is 28.1. The Morgan fingerprint density at radius 2 is 1.66 bits per heavy atom. The number of benzene rings is 2. The van der Waals surface area contributed by atoms with Gasteiger partial charge in [0.1, 0.15) is 4.88 Å². The number of piperazine rings is 1. The van der Waals surface area contributed by atoms with Crippen LogP contribution in [0.2, 0.25) is 10.0 Å². The van der Waals surface area contributed by atoms with Gasteiger partial charge in [0.05, 0.1) is 9.92 Å². The lowest BCUT2D eigenvalue weighted by Gasteiger charge is -2.33. The van der Waals surface area contributed by atoms with Crippen LogP contribution < -0.4 is 5.32 Å². The van der Waals surface area contributed by atoms with Crippen molar-refractivity contribution in [2.75, 3.05) is 31.5 Å². The minimum Gasteiger partial charge on any atom is -0.335 e. The smallest absolute Gasteiger partial charge is 0.265 e. The van der Waals surface area contributed by atoms with Crippen LogP contribution in [0.1, 0.15) is 16.6 Å². The van der Waals surface area contributed by atoms with Crippen molar-refractivity contribution in [1.29, 1.82) is 0 Å². The molecule has 0 unspecified atom stereocenters. The molecule has 0 aliphatic carbocycles. The molecule has 1 aliphatic heterocycles. The minimum atomic E-state index is -3.71. The molecule has 4 rings (SSSR count). The van der Waals surface area contributed by atoms with E-state index in [0.29, 0.717) is 20.6 Å². The highest BCUT2D eigenvalue weighted by Gasteiger charge is 2.32. The average molecular weight is 512 g/mol. The molecule has 2 amide bonds. The molecular formula is C21H19Cl2N3O4S2. The van der Waals surface area contributed by atoms with E-state index in [1.165, 1.54) is 34.7 Å². The summed E-state index contributed by atoms with van der Waals surface area (Å²) in [6, 6.07) is 11.3. The van der Waals surface area contributed by atoms with Crippen LogP contribution in [-0.4, -0.2) is 55.6 Å². The van der Waals surface area contributed by atoms with Crippen molar-refractivity contribution < 1.29 is 18.0 Å². The molecule has 0 bridgehead atoms. The highest BCUT2D eigenvalue weighted by Crippen LogP contribution is 2.37. The first-order valence-corrected chi connectivity index (χ1v) is 12.7. The summed E-state index contributed by atoms with van der Waals surface area (Å²) in [6.45, 7) is 2.25. The molecule has 1 aliphatic rings. The molecule has 0 spiro atoms. The summed E-state index contributed by atoms with van der Waals surface area (Å²) in [5, 5.41) is 4.33. The second kappa shape index (κ2) is 8.99. The molecule has 32 heavy (non-hydrogen) atoms. The van der Waals surface area contributed by atoms with Gasteiger partial charge < -0.3 is 10.2 Å². The van der Waals surface area contributed by atoms with E-state index in [4.69, 9.17) is 23.2 Å². The average Bonchev–Trinajstić information content (AvgIpc) is 3.08. The monoisotopic (exact) mass is 511 g/mol. The number of hydrogen-bond acceptors (Lipinski definition) is 5. The van der Waals surface area contributed by atoms with Crippen LogP contribution in [0.4, 0.5) is 5.69 Å². The van der Waals surface area contributed by atoms with Crippen molar-refractivity contribution in [1.82, 2.24) is 9.21 Å². The molecule has 11 heteroatoms. The lowest BCUT2D eigenvalue weighted by atomic mass is 10.2. The number of halogens is 2. The molecule has 1 N–H and O–H groups in total. The van der Waals surface area contributed by atoms with Crippen molar-refractivity contribution in [3.63, 3.8) is 0 Å². The number of sulfonamides is 1. The normalized spacial score (nSPS) is 15.2. The number of nitrogens with zero attached hydrogens (tertiary/aromatic N) is 2. The largest absolute Gasteiger partial charge is 0.335 e. The third-order valence-electron chi connectivity index (χ3n) is 5.12. The Morgan fingerprint density at radius 1 is 1.00 bits per heavy atom. The summed E-state index contributed by atoms with van der Waals surface area (Å²) in [6.07, 6.45) is 0. The number of nitrogens with one attached hydrogen (secondary N) is 1. The molecule has 7 nitrogen and oxygen atoms in total. The molecule has 168 valence electrons. The van der Waals surface area contributed by atoms with E-state index in [9.17, 15) is 18.0 Å². The zero-order valence-corrected chi connectivity index (χ0v) is 20.1. The lowest BCUT2D eigenvalue weighted by molar-refractivity contribution is -0.114. The van der Waals surface area contributed by atoms with Crippen molar-refractivity contribution in [2.24, 2.45) is 0 Å². The van der Waals surface area contributed by atoms with E-state index in [-0.39, 0.29) is 42.9 Å². The third-order valence-corrected chi connectivity index (χ3v) is 8.92. The summed E-state index contributed by atoms with van der Waals surface area (Å²) in [7, 11) is -3.71. The van der Waals surface area contributed by atoms with Crippen molar-refractivity contribution in [3.05, 3.63) is 57.4 Å². The molecule has 1 saturated heterocycles. The Bertz CT molecular complexity index is 1300. The van der Waals surface area contributed by atoms with E-state index in [0.717, 1.165) is 10.1 Å². The first kappa shape index (κ1) is 23.0. The fraction of sp³-hybridized carbons (Fsp3) is 0.238. The van der Waals surface area contributed by atoms with Gasteiger partial charge in [-0.05, 0) is 36.4 Å². The maximum Gasteiger partial charge on any atom is 0.265 e. The zero-order chi connectivity index (χ0) is 23.0. The molecule has 0 saturated carbocycles. The predicted molar refractivity (Wildman–Crippen MR) is 127 cm³/mol. The highest BCUT2D eigenvalue weighted by atomic mass is 35.5. The fourth-order valence-corrected chi connectivity index (χ4v) is 6.69. The second-order valence-electron chi connectivity index (χ2n) is 7.29. The standard InChI is InChI=1S/C21H19Cl2N3O4S2/c1-13(27)24-15-3-5-16(6-4-15)32(29,30)26-10-8-25(9-11-26)21(28)20-19(23)17-7-2-14(22)12-18(17)31-20/h2-7,12H,8-11H2,1H3,(H,24,27). The number of fused-ring (bicyclic) bond motifs is 1. The first-order valence-electron chi connectivity index (χ1n) is 9.71. The first-order chi connectivity index (χ1) is 15.2. The number of amides is 2. The highest BCUT2D eigenvalue weighted by molar-refractivity contribution is 7.89. The molecule has 2 aromatic carbocycles. The molecule has 0 atom stereocenters. The van der Waals surface area contributed by atoms with Gasteiger partial charge in [-0.3, -0.25) is 9.59 Å². The fourth-order valence-electron chi connectivity index (χ4n) is 3.51. The van der Waals surface area contributed by atoms with Gasteiger partial charge in [0.25, 0.3) is 5.91 Å². The Kier molecular flexibility index (Phi) is 6.46. The van der Waals surface area contributed by atoms with Gasteiger partial charge in [-0.1, -0.05) is 29.3 Å². The van der Waals surface area contributed by atoms with Gasteiger partial charge in [-0.15, -0.1) is 11.3 Å². The van der Waals surface area contributed by atoms with Crippen LogP contribution in [0.5, 0.6) is 0 Å². The Morgan fingerprint density at radius 3 is 2.28 bits per heavy atom. The van der Waals surface area contributed by atoms with Gasteiger partial charge >= 0.3 is 0 Å². The quantitative estimate of drug-likeness (QED) is 0.565. The van der Waals surface area contributed by atoms with Gasteiger partial charge in [0.2, 0.25) is 15.9 Å². The van der Waals surface area contributed by atoms with Gasteiger partial charge in [-0.25, -0.2) is 8.42 Å². The molecule has 3 aromatic rings. The molecule has 1 aromatic heterocycles. The van der Waals surface area contributed by atoms with E-state index in [1.807, 2.05) is 0 Å². The Hall–Kier alpha value is -2.17. The van der Waals surface area contributed by atoms with Gasteiger partial charge in [0, 0.05) is 53.9 Å². The minimum absolute atomic E-state index is 0.135. The van der Waals surface area contributed by atoms with Gasteiger partial charge in [-0.2, -0.15) is 4.31 Å². The summed E-state index contributed by atoms with van der Waals surface area (Å²) in [5.41, 5.74) is 0.522. The number of rotatable bonds is 4. The summed E-state index contributed by atoms with van der Waals surface area (Å²) in [4.78, 5) is 26.4. The van der Waals surface area contributed by atoms with E-state index in [2.05, 4.69) is 5.32 Å². The maximum atomic E-state index is 13.0. The number of anilines is 1. The van der Waals surface area contributed by atoms with Crippen molar-refractivity contribution >= 4 is 72.1 Å².